The van der Waals surface area contributed by atoms with E-state index in [9.17, 15) is 4.79 Å². The van der Waals surface area contributed by atoms with Gasteiger partial charge in [0.1, 0.15) is 5.82 Å². The lowest BCUT2D eigenvalue weighted by atomic mass is 10.2. The third kappa shape index (κ3) is 2.13. The molecular weight excluding hydrogens is 218 g/mol. The number of aromatic nitrogens is 2. The summed E-state index contributed by atoms with van der Waals surface area (Å²) in [6.45, 7) is 1.98. The zero-order valence-electron chi connectivity index (χ0n) is 9.64. The summed E-state index contributed by atoms with van der Waals surface area (Å²) >= 11 is 0. The lowest BCUT2D eigenvalue weighted by Gasteiger charge is -2.06. The molecule has 5 heteroatoms. The van der Waals surface area contributed by atoms with Crippen molar-refractivity contribution < 1.29 is 9.90 Å². The van der Waals surface area contributed by atoms with Crippen molar-refractivity contribution in [3.63, 3.8) is 0 Å². The molecule has 17 heavy (non-hydrogen) atoms. The Labute approximate surface area is 98.7 Å². The Hall–Kier alpha value is -2.30. The Bertz CT molecular complexity index is 561. The van der Waals surface area contributed by atoms with E-state index in [0.717, 1.165) is 11.3 Å². The lowest BCUT2D eigenvalue weighted by Crippen LogP contribution is -2.03. The Morgan fingerprint density at radius 1 is 1.41 bits per heavy atom. The fourth-order valence-corrected chi connectivity index (χ4v) is 1.62. The molecule has 88 valence electrons. The summed E-state index contributed by atoms with van der Waals surface area (Å²) in [5.41, 5.74) is 1.95. The van der Waals surface area contributed by atoms with Crippen molar-refractivity contribution in [2.75, 3.05) is 12.4 Å². The van der Waals surface area contributed by atoms with Crippen molar-refractivity contribution in [2.45, 2.75) is 6.92 Å². The van der Waals surface area contributed by atoms with Crippen molar-refractivity contribution in [1.82, 2.24) is 9.78 Å². The van der Waals surface area contributed by atoms with E-state index in [1.54, 1.807) is 11.7 Å². The van der Waals surface area contributed by atoms with Crippen LogP contribution in [0.2, 0.25) is 0 Å². The number of carboxylic acids is 1. The van der Waals surface area contributed by atoms with Crippen LogP contribution in [-0.2, 0) is 0 Å². The van der Waals surface area contributed by atoms with E-state index in [2.05, 4.69) is 10.4 Å². The maximum Gasteiger partial charge on any atom is 0.356 e. The summed E-state index contributed by atoms with van der Waals surface area (Å²) in [5, 5.41) is 15.9. The number of hydrogen-bond donors (Lipinski definition) is 2. The number of rotatable bonds is 3. The maximum absolute atomic E-state index is 10.9. The zero-order valence-corrected chi connectivity index (χ0v) is 9.64. The first kappa shape index (κ1) is 11.2. The van der Waals surface area contributed by atoms with E-state index in [0.29, 0.717) is 5.82 Å². The van der Waals surface area contributed by atoms with Gasteiger partial charge in [0.15, 0.2) is 5.69 Å². The van der Waals surface area contributed by atoms with Crippen LogP contribution in [0.25, 0.3) is 5.69 Å². The molecule has 0 bridgehead atoms. The summed E-state index contributed by atoms with van der Waals surface area (Å²) in [5.74, 6) is -0.388. The van der Waals surface area contributed by atoms with Crippen molar-refractivity contribution in [3.05, 3.63) is 41.6 Å². The van der Waals surface area contributed by atoms with Crippen molar-refractivity contribution >= 4 is 11.8 Å². The highest BCUT2D eigenvalue weighted by atomic mass is 16.4. The van der Waals surface area contributed by atoms with Crippen LogP contribution in [0.5, 0.6) is 0 Å². The normalized spacial score (nSPS) is 10.2. The molecule has 1 aromatic carbocycles. The Kier molecular flexibility index (Phi) is 2.82. The summed E-state index contributed by atoms with van der Waals surface area (Å²) in [7, 11) is 1.73. The molecule has 2 rings (SSSR count). The molecular formula is C12H13N3O2. The summed E-state index contributed by atoms with van der Waals surface area (Å²) in [6.07, 6.45) is 0. The van der Waals surface area contributed by atoms with Gasteiger partial charge in [0, 0.05) is 13.1 Å². The predicted molar refractivity (Wildman–Crippen MR) is 64.8 cm³/mol. The first-order valence-corrected chi connectivity index (χ1v) is 5.20. The predicted octanol–water partition coefficient (Wildman–Crippen LogP) is 1.92. The van der Waals surface area contributed by atoms with Gasteiger partial charge < -0.3 is 10.4 Å². The minimum Gasteiger partial charge on any atom is -0.476 e. The zero-order chi connectivity index (χ0) is 12.4. The first-order chi connectivity index (χ1) is 8.11. The average molecular weight is 231 g/mol. The van der Waals surface area contributed by atoms with Crippen LogP contribution in [0.1, 0.15) is 16.1 Å². The molecule has 0 saturated carbocycles. The molecule has 1 heterocycles. The molecule has 0 radical (unpaired) electrons. The number of benzene rings is 1. The number of nitrogens with one attached hydrogen (secondary N) is 1. The third-order valence-electron chi connectivity index (χ3n) is 2.43. The summed E-state index contributed by atoms with van der Waals surface area (Å²) < 4.78 is 1.58. The highest BCUT2D eigenvalue weighted by Crippen LogP contribution is 2.17. The Morgan fingerprint density at radius 3 is 2.76 bits per heavy atom. The molecule has 5 nitrogen and oxygen atoms in total. The second-order valence-corrected chi connectivity index (χ2v) is 3.72. The SMILES string of the molecule is CNc1cc(C(=O)O)nn1-c1cccc(C)c1. The van der Waals surface area contributed by atoms with Gasteiger partial charge in [0.25, 0.3) is 0 Å². The van der Waals surface area contributed by atoms with E-state index in [1.807, 2.05) is 31.2 Å². The standard InChI is InChI=1S/C12H13N3O2/c1-8-4-3-5-9(6-8)15-11(13-2)7-10(14-15)12(16)17/h3-7,13H,1-2H3,(H,16,17). The van der Waals surface area contributed by atoms with Crippen molar-refractivity contribution in [2.24, 2.45) is 0 Å². The van der Waals surface area contributed by atoms with Crippen LogP contribution in [0, 0.1) is 6.92 Å². The van der Waals surface area contributed by atoms with Crippen LogP contribution in [0.4, 0.5) is 5.82 Å². The molecule has 0 aliphatic carbocycles. The number of aromatic carboxylic acids is 1. The number of nitrogens with zero attached hydrogens (tertiary/aromatic N) is 2. The van der Waals surface area contributed by atoms with Crippen molar-refractivity contribution in [3.8, 4) is 5.69 Å². The van der Waals surface area contributed by atoms with E-state index in [4.69, 9.17) is 5.11 Å². The molecule has 0 atom stereocenters. The second kappa shape index (κ2) is 4.29. The van der Waals surface area contributed by atoms with Gasteiger partial charge in [-0.15, -0.1) is 0 Å². The molecule has 0 unspecified atom stereocenters. The monoisotopic (exact) mass is 231 g/mol. The molecule has 0 aliphatic heterocycles. The van der Waals surface area contributed by atoms with E-state index >= 15 is 0 Å². The minimum atomic E-state index is -1.03. The van der Waals surface area contributed by atoms with Gasteiger partial charge in [-0.2, -0.15) is 5.10 Å². The fraction of sp³-hybridized carbons (Fsp3) is 0.167. The number of carboxylic acid groups (broad SMARTS) is 1. The van der Waals surface area contributed by atoms with Crippen LogP contribution < -0.4 is 5.32 Å². The topological polar surface area (TPSA) is 67.2 Å². The Morgan fingerprint density at radius 2 is 2.18 bits per heavy atom. The molecule has 2 aromatic rings. The molecule has 1 aromatic heterocycles. The van der Waals surface area contributed by atoms with E-state index in [-0.39, 0.29) is 5.69 Å². The molecule has 0 aliphatic rings. The van der Waals surface area contributed by atoms with Crippen LogP contribution in [-0.4, -0.2) is 27.9 Å². The maximum atomic E-state index is 10.9. The molecule has 0 spiro atoms. The number of anilines is 1. The first-order valence-electron chi connectivity index (χ1n) is 5.20. The van der Waals surface area contributed by atoms with Gasteiger partial charge in [-0.25, -0.2) is 9.48 Å². The number of carbonyl (C=O) groups is 1. The highest BCUT2D eigenvalue weighted by molar-refractivity contribution is 5.86. The highest BCUT2D eigenvalue weighted by Gasteiger charge is 2.13. The second-order valence-electron chi connectivity index (χ2n) is 3.72. The summed E-state index contributed by atoms with van der Waals surface area (Å²) in [4.78, 5) is 10.9. The van der Waals surface area contributed by atoms with E-state index < -0.39 is 5.97 Å². The van der Waals surface area contributed by atoms with Gasteiger partial charge in [-0.05, 0) is 24.6 Å². The van der Waals surface area contributed by atoms with E-state index in [1.165, 1.54) is 6.07 Å². The van der Waals surface area contributed by atoms with Gasteiger partial charge >= 0.3 is 5.97 Å². The molecule has 0 amide bonds. The van der Waals surface area contributed by atoms with Crippen LogP contribution in [0.3, 0.4) is 0 Å². The van der Waals surface area contributed by atoms with Gasteiger partial charge in [0.05, 0.1) is 5.69 Å². The fourth-order valence-electron chi connectivity index (χ4n) is 1.62. The Balaban J connectivity index is 2.54. The smallest absolute Gasteiger partial charge is 0.356 e. The van der Waals surface area contributed by atoms with Crippen molar-refractivity contribution in [1.29, 1.82) is 0 Å². The third-order valence-corrected chi connectivity index (χ3v) is 2.43. The van der Waals surface area contributed by atoms with Crippen LogP contribution >= 0.6 is 0 Å². The largest absolute Gasteiger partial charge is 0.476 e. The number of hydrogen-bond acceptors (Lipinski definition) is 3. The van der Waals surface area contributed by atoms with Gasteiger partial charge in [-0.1, -0.05) is 12.1 Å². The molecule has 0 saturated heterocycles. The molecule has 2 N–H and O–H groups in total. The molecule has 0 fully saturated rings. The van der Waals surface area contributed by atoms with Gasteiger partial charge in [0.2, 0.25) is 0 Å². The quantitative estimate of drug-likeness (QED) is 0.846. The van der Waals surface area contributed by atoms with Gasteiger partial charge in [-0.3, -0.25) is 0 Å². The minimum absolute atomic E-state index is 0.0239. The average Bonchev–Trinajstić information content (AvgIpc) is 2.73. The number of aryl methyl sites for hydroxylation is 1. The summed E-state index contributed by atoms with van der Waals surface area (Å²) in [6, 6.07) is 9.22. The van der Waals surface area contributed by atoms with Crippen LogP contribution in [0.15, 0.2) is 30.3 Å². The lowest BCUT2D eigenvalue weighted by molar-refractivity contribution is 0.0690.